The van der Waals surface area contributed by atoms with Crippen molar-refractivity contribution in [1.29, 1.82) is 0 Å². The lowest BCUT2D eigenvalue weighted by Gasteiger charge is -2.18. The van der Waals surface area contributed by atoms with Crippen LogP contribution in [0.15, 0.2) is 60.8 Å². The Labute approximate surface area is 159 Å². The fraction of sp³-hybridized carbons (Fsp3) is 0.227. The number of ketones is 1. The molecule has 0 atom stereocenters. The summed E-state index contributed by atoms with van der Waals surface area (Å²) < 4.78 is 1.82. The fourth-order valence-corrected chi connectivity index (χ4v) is 2.91. The highest BCUT2D eigenvalue weighted by atomic mass is 16.2. The molecule has 3 aromatic rings. The lowest BCUT2D eigenvalue weighted by molar-refractivity contribution is 0.0778. The molecule has 138 valence electrons. The van der Waals surface area contributed by atoms with Crippen LogP contribution in [0.3, 0.4) is 0 Å². The van der Waals surface area contributed by atoms with E-state index < -0.39 is 0 Å². The molecule has 5 nitrogen and oxygen atoms in total. The number of rotatable bonds is 6. The van der Waals surface area contributed by atoms with Gasteiger partial charge in [-0.2, -0.15) is 5.10 Å². The van der Waals surface area contributed by atoms with E-state index in [2.05, 4.69) is 5.10 Å². The van der Waals surface area contributed by atoms with Crippen molar-refractivity contribution in [2.45, 2.75) is 26.9 Å². The van der Waals surface area contributed by atoms with Gasteiger partial charge in [0, 0.05) is 30.9 Å². The molecule has 0 fully saturated rings. The highest BCUT2D eigenvalue weighted by Gasteiger charge is 2.21. The quantitative estimate of drug-likeness (QED) is 0.629. The Hall–Kier alpha value is -3.21. The summed E-state index contributed by atoms with van der Waals surface area (Å²) in [5.74, 6) is -0.347. The first-order valence-electron chi connectivity index (χ1n) is 8.97. The van der Waals surface area contributed by atoms with Crippen molar-refractivity contribution < 1.29 is 9.59 Å². The van der Waals surface area contributed by atoms with Crippen LogP contribution in [0.25, 0.3) is 0 Å². The maximum Gasteiger partial charge on any atom is 0.254 e. The van der Waals surface area contributed by atoms with Gasteiger partial charge in [-0.25, -0.2) is 0 Å². The number of amides is 1. The smallest absolute Gasteiger partial charge is 0.254 e. The Balaban J connectivity index is 1.84. The van der Waals surface area contributed by atoms with E-state index in [4.69, 9.17) is 0 Å². The molecule has 0 unspecified atom stereocenters. The molecular weight excluding hydrogens is 338 g/mol. The predicted octanol–water partition coefficient (Wildman–Crippen LogP) is 3.71. The Morgan fingerprint density at radius 2 is 1.67 bits per heavy atom. The second-order valence-corrected chi connectivity index (χ2v) is 6.56. The minimum Gasteiger partial charge on any atom is -0.336 e. The van der Waals surface area contributed by atoms with E-state index in [-0.39, 0.29) is 11.7 Å². The van der Waals surface area contributed by atoms with Crippen LogP contribution >= 0.6 is 0 Å². The molecule has 0 N–H and O–H groups in total. The second kappa shape index (κ2) is 7.99. The summed E-state index contributed by atoms with van der Waals surface area (Å²) >= 11 is 0. The van der Waals surface area contributed by atoms with Crippen molar-refractivity contribution in [3.63, 3.8) is 0 Å². The summed E-state index contributed by atoms with van der Waals surface area (Å²) in [4.78, 5) is 27.5. The van der Waals surface area contributed by atoms with Gasteiger partial charge in [0.05, 0.1) is 17.8 Å². The van der Waals surface area contributed by atoms with Crippen molar-refractivity contribution >= 4 is 11.7 Å². The van der Waals surface area contributed by atoms with Gasteiger partial charge in [0.15, 0.2) is 5.78 Å². The molecule has 1 heterocycles. The van der Waals surface area contributed by atoms with Crippen molar-refractivity contribution in [2.24, 2.45) is 0 Å². The second-order valence-electron chi connectivity index (χ2n) is 6.56. The van der Waals surface area contributed by atoms with E-state index in [1.165, 1.54) is 0 Å². The van der Waals surface area contributed by atoms with Crippen molar-refractivity contribution in [3.8, 4) is 0 Å². The molecule has 1 amide bonds. The topological polar surface area (TPSA) is 55.2 Å². The zero-order chi connectivity index (χ0) is 19.4. The fourth-order valence-electron chi connectivity index (χ4n) is 2.91. The molecule has 0 radical (unpaired) electrons. The molecular formula is C22H23N3O2. The number of hydrogen-bond donors (Lipinski definition) is 0. The Kier molecular flexibility index (Phi) is 5.50. The third kappa shape index (κ3) is 4.14. The van der Waals surface area contributed by atoms with Crippen LogP contribution in [-0.4, -0.2) is 33.4 Å². The van der Waals surface area contributed by atoms with Crippen molar-refractivity contribution in [2.75, 3.05) is 7.05 Å². The molecule has 0 aliphatic heterocycles. The average molecular weight is 361 g/mol. The van der Waals surface area contributed by atoms with Crippen molar-refractivity contribution in [1.82, 2.24) is 14.7 Å². The first kappa shape index (κ1) is 18.6. The number of nitrogens with zero attached hydrogens (tertiary/aromatic N) is 3. The standard InChI is InChI=1S/C22H23N3O2/c1-4-25-14-13-18(23-25)15-24(3)22(27)20-8-6-5-7-19(20)21(26)17-11-9-16(2)10-12-17/h5-14H,4,15H2,1-3H3. The maximum atomic E-state index is 13.0. The third-order valence-corrected chi connectivity index (χ3v) is 4.48. The van der Waals surface area contributed by atoms with Gasteiger partial charge in [-0.05, 0) is 26.0 Å². The molecule has 0 spiro atoms. The van der Waals surface area contributed by atoms with E-state index in [0.29, 0.717) is 23.2 Å². The number of benzene rings is 2. The molecule has 0 aliphatic rings. The third-order valence-electron chi connectivity index (χ3n) is 4.48. The zero-order valence-corrected chi connectivity index (χ0v) is 15.8. The van der Waals surface area contributed by atoms with Crippen LogP contribution < -0.4 is 0 Å². The van der Waals surface area contributed by atoms with Crippen LogP contribution in [-0.2, 0) is 13.1 Å². The first-order chi connectivity index (χ1) is 13.0. The number of carbonyl (C=O) groups is 2. The summed E-state index contributed by atoms with van der Waals surface area (Å²) in [6.45, 7) is 5.16. The Morgan fingerprint density at radius 1 is 1.00 bits per heavy atom. The summed E-state index contributed by atoms with van der Waals surface area (Å²) in [6, 6.07) is 16.2. The van der Waals surface area contributed by atoms with E-state index in [1.54, 1.807) is 48.3 Å². The van der Waals surface area contributed by atoms with Crippen LogP contribution in [0.5, 0.6) is 0 Å². The lowest BCUT2D eigenvalue weighted by atomic mass is 9.97. The Bertz CT molecular complexity index is 958. The number of carbonyl (C=O) groups excluding carboxylic acids is 2. The van der Waals surface area contributed by atoms with Gasteiger partial charge in [0.2, 0.25) is 0 Å². The molecule has 27 heavy (non-hydrogen) atoms. The van der Waals surface area contributed by atoms with Gasteiger partial charge >= 0.3 is 0 Å². The summed E-state index contributed by atoms with van der Waals surface area (Å²) in [5, 5.41) is 4.41. The van der Waals surface area contributed by atoms with Crippen LogP contribution in [0.4, 0.5) is 0 Å². The predicted molar refractivity (Wildman–Crippen MR) is 105 cm³/mol. The SMILES string of the molecule is CCn1ccc(CN(C)C(=O)c2ccccc2C(=O)c2ccc(C)cc2)n1. The van der Waals surface area contributed by atoms with Gasteiger partial charge in [-0.15, -0.1) is 0 Å². The summed E-state index contributed by atoms with van der Waals surface area (Å²) in [7, 11) is 1.72. The van der Waals surface area contributed by atoms with E-state index in [9.17, 15) is 9.59 Å². The number of hydrogen-bond acceptors (Lipinski definition) is 3. The van der Waals surface area contributed by atoms with Crippen LogP contribution in [0.1, 0.15) is 44.5 Å². The highest BCUT2D eigenvalue weighted by molar-refractivity contribution is 6.15. The maximum absolute atomic E-state index is 13.0. The van der Waals surface area contributed by atoms with Gasteiger partial charge < -0.3 is 4.90 Å². The molecule has 0 bridgehead atoms. The van der Waals surface area contributed by atoms with E-state index in [1.807, 2.05) is 42.9 Å². The highest BCUT2D eigenvalue weighted by Crippen LogP contribution is 2.17. The van der Waals surface area contributed by atoms with Crippen LogP contribution in [0.2, 0.25) is 0 Å². The lowest BCUT2D eigenvalue weighted by Crippen LogP contribution is -2.28. The molecule has 3 rings (SSSR count). The first-order valence-corrected chi connectivity index (χ1v) is 8.97. The van der Waals surface area contributed by atoms with Gasteiger partial charge in [0.25, 0.3) is 5.91 Å². The average Bonchev–Trinajstić information content (AvgIpc) is 3.15. The summed E-state index contributed by atoms with van der Waals surface area (Å²) in [5.41, 5.74) is 3.29. The van der Waals surface area contributed by atoms with Gasteiger partial charge in [-0.3, -0.25) is 14.3 Å². The van der Waals surface area contributed by atoms with E-state index in [0.717, 1.165) is 17.8 Å². The molecule has 0 saturated heterocycles. The zero-order valence-electron chi connectivity index (χ0n) is 15.8. The minimum absolute atomic E-state index is 0.150. The Morgan fingerprint density at radius 3 is 2.30 bits per heavy atom. The molecule has 1 aromatic heterocycles. The molecule has 0 aliphatic carbocycles. The molecule has 5 heteroatoms. The monoisotopic (exact) mass is 361 g/mol. The van der Waals surface area contributed by atoms with Gasteiger partial charge in [-0.1, -0.05) is 48.0 Å². The minimum atomic E-state index is -0.197. The number of aryl methyl sites for hydroxylation is 2. The normalized spacial score (nSPS) is 10.6. The van der Waals surface area contributed by atoms with Crippen LogP contribution in [0, 0.1) is 6.92 Å². The summed E-state index contributed by atoms with van der Waals surface area (Å²) in [6.07, 6.45) is 1.89. The van der Waals surface area contributed by atoms with Crippen molar-refractivity contribution in [3.05, 3.63) is 88.7 Å². The largest absolute Gasteiger partial charge is 0.336 e. The van der Waals surface area contributed by atoms with Gasteiger partial charge in [0.1, 0.15) is 0 Å². The molecule has 2 aromatic carbocycles. The number of aromatic nitrogens is 2. The molecule has 0 saturated carbocycles. The van der Waals surface area contributed by atoms with E-state index >= 15 is 0 Å².